The van der Waals surface area contributed by atoms with E-state index in [1.807, 2.05) is 12.1 Å². The summed E-state index contributed by atoms with van der Waals surface area (Å²) in [5.41, 5.74) is 1.52. The lowest BCUT2D eigenvalue weighted by Crippen LogP contribution is -2.17. The van der Waals surface area contributed by atoms with Crippen molar-refractivity contribution in [3.8, 4) is 6.07 Å². The molecule has 1 aliphatic rings. The fourth-order valence-electron chi connectivity index (χ4n) is 2.32. The second kappa shape index (κ2) is 6.07. The van der Waals surface area contributed by atoms with Crippen LogP contribution in [-0.2, 0) is 9.59 Å². The molecule has 23 heavy (non-hydrogen) atoms. The summed E-state index contributed by atoms with van der Waals surface area (Å²) in [6, 6.07) is 15.8. The molecule has 0 bridgehead atoms. The van der Waals surface area contributed by atoms with Crippen molar-refractivity contribution >= 4 is 44.7 Å². The van der Waals surface area contributed by atoms with Gasteiger partial charge in [0.15, 0.2) is 0 Å². The molecule has 0 aliphatic carbocycles. The van der Waals surface area contributed by atoms with Crippen molar-refractivity contribution in [2.45, 2.75) is 0 Å². The van der Waals surface area contributed by atoms with Crippen LogP contribution in [0, 0.1) is 11.3 Å². The lowest BCUT2D eigenvalue weighted by atomic mass is 10.0. The van der Waals surface area contributed by atoms with E-state index in [2.05, 4.69) is 26.6 Å². The number of carbonyl (C=O) groups is 2. The minimum atomic E-state index is -0.614. The van der Waals surface area contributed by atoms with E-state index in [4.69, 9.17) is 0 Å². The lowest BCUT2D eigenvalue weighted by Gasteiger charge is -2.06. The van der Waals surface area contributed by atoms with Crippen LogP contribution in [0.1, 0.15) is 5.56 Å². The van der Waals surface area contributed by atoms with Crippen LogP contribution in [0.4, 0.5) is 11.4 Å². The average Bonchev–Trinajstić information content (AvgIpc) is 2.85. The van der Waals surface area contributed by atoms with Gasteiger partial charge in [-0.2, -0.15) is 5.26 Å². The van der Waals surface area contributed by atoms with Gasteiger partial charge in [0.1, 0.15) is 11.6 Å². The largest absolute Gasteiger partial charge is 0.321 e. The molecule has 2 aromatic rings. The zero-order chi connectivity index (χ0) is 16.4. The van der Waals surface area contributed by atoms with Gasteiger partial charge in [-0.3, -0.25) is 9.59 Å². The van der Waals surface area contributed by atoms with E-state index in [-0.39, 0.29) is 11.1 Å². The van der Waals surface area contributed by atoms with Gasteiger partial charge in [0.25, 0.3) is 11.8 Å². The standard InChI is InChI=1S/C17H10BrN3O2/c18-10-6-7-14-12(8-10)15(17(23)21-14)13(9-19)16(22)20-11-4-2-1-3-5-11/h1-8H,(H,20,22)(H,21,23)/b15-13-. The third-order valence-electron chi connectivity index (χ3n) is 3.35. The van der Waals surface area contributed by atoms with Crippen molar-refractivity contribution in [2.75, 3.05) is 10.6 Å². The Labute approximate surface area is 140 Å². The Morgan fingerprint density at radius 3 is 2.61 bits per heavy atom. The van der Waals surface area contributed by atoms with Crippen molar-refractivity contribution in [1.29, 1.82) is 5.26 Å². The Bertz CT molecular complexity index is 882. The van der Waals surface area contributed by atoms with E-state index < -0.39 is 11.8 Å². The first-order valence-corrected chi connectivity index (χ1v) is 7.51. The van der Waals surface area contributed by atoms with Gasteiger partial charge in [0, 0.05) is 21.4 Å². The Hall–Kier alpha value is -2.91. The van der Waals surface area contributed by atoms with Crippen LogP contribution >= 0.6 is 15.9 Å². The van der Waals surface area contributed by atoms with Gasteiger partial charge in [-0.25, -0.2) is 0 Å². The van der Waals surface area contributed by atoms with Crippen LogP contribution in [-0.4, -0.2) is 11.8 Å². The molecule has 1 aliphatic heterocycles. The molecular weight excluding hydrogens is 358 g/mol. The highest BCUT2D eigenvalue weighted by molar-refractivity contribution is 9.10. The zero-order valence-electron chi connectivity index (χ0n) is 11.8. The number of hydrogen-bond donors (Lipinski definition) is 2. The van der Waals surface area contributed by atoms with Crippen LogP contribution in [0.3, 0.4) is 0 Å². The highest BCUT2D eigenvalue weighted by Crippen LogP contribution is 2.35. The highest BCUT2D eigenvalue weighted by atomic mass is 79.9. The summed E-state index contributed by atoms with van der Waals surface area (Å²) in [5, 5.41) is 14.7. The minimum absolute atomic E-state index is 0.0808. The summed E-state index contributed by atoms with van der Waals surface area (Å²) < 4.78 is 0.756. The molecule has 1 heterocycles. The van der Waals surface area contributed by atoms with E-state index >= 15 is 0 Å². The molecule has 2 amide bonds. The number of halogens is 1. The van der Waals surface area contributed by atoms with E-state index in [0.717, 1.165) is 4.47 Å². The molecule has 0 saturated carbocycles. The van der Waals surface area contributed by atoms with Gasteiger partial charge in [0.05, 0.1) is 5.57 Å². The Kier molecular flexibility index (Phi) is 3.96. The Morgan fingerprint density at radius 1 is 1.17 bits per heavy atom. The summed E-state index contributed by atoms with van der Waals surface area (Å²) in [6.07, 6.45) is 0. The van der Waals surface area contributed by atoms with Crippen molar-refractivity contribution in [3.05, 3.63) is 64.1 Å². The molecule has 0 aromatic heterocycles. The van der Waals surface area contributed by atoms with Crippen LogP contribution in [0.25, 0.3) is 5.57 Å². The molecule has 0 unspecified atom stereocenters. The molecular formula is C17H10BrN3O2. The number of nitrogens with zero attached hydrogens (tertiary/aromatic N) is 1. The number of nitriles is 1. The van der Waals surface area contributed by atoms with E-state index in [9.17, 15) is 14.9 Å². The molecule has 5 nitrogen and oxygen atoms in total. The average molecular weight is 368 g/mol. The van der Waals surface area contributed by atoms with Crippen LogP contribution in [0.5, 0.6) is 0 Å². The third-order valence-corrected chi connectivity index (χ3v) is 3.84. The summed E-state index contributed by atoms with van der Waals surface area (Å²) in [4.78, 5) is 24.6. The minimum Gasteiger partial charge on any atom is -0.321 e. The summed E-state index contributed by atoms with van der Waals surface area (Å²) in [5.74, 6) is -1.07. The van der Waals surface area contributed by atoms with E-state index in [1.54, 1.807) is 42.5 Å². The first kappa shape index (κ1) is 15.0. The monoisotopic (exact) mass is 367 g/mol. The molecule has 2 aromatic carbocycles. The fourth-order valence-corrected chi connectivity index (χ4v) is 2.68. The molecule has 0 fully saturated rings. The van der Waals surface area contributed by atoms with Crippen molar-refractivity contribution in [2.24, 2.45) is 0 Å². The predicted octanol–water partition coefficient (Wildman–Crippen LogP) is 3.32. The van der Waals surface area contributed by atoms with Crippen molar-refractivity contribution in [3.63, 3.8) is 0 Å². The van der Waals surface area contributed by atoms with E-state index in [1.165, 1.54) is 0 Å². The van der Waals surface area contributed by atoms with Crippen LogP contribution < -0.4 is 10.6 Å². The number of anilines is 2. The molecule has 0 spiro atoms. The highest BCUT2D eigenvalue weighted by Gasteiger charge is 2.30. The summed E-state index contributed by atoms with van der Waals surface area (Å²) >= 11 is 3.33. The number of carbonyl (C=O) groups excluding carboxylic acids is 2. The molecule has 3 rings (SSSR count). The summed E-state index contributed by atoms with van der Waals surface area (Å²) in [7, 11) is 0. The van der Waals surface area contributed by atoms with Gasteiger partial charge in [-0.05, 0) is 30.3 Å². The SMILES string of the molecule is N#C/C(C(=O)Nc1ccccc1)=C1/C(=O)Nc2ccc(Br)cc21. The molecule has 0 radical (unpaired) electrons. The van der Waals surface area contributed by atoms with Gasteiger partial charge in [0.2, 0.25) is 0 Å². The number of amides is 2. The number of fused-ring (bicyclic) bond motifs is 1. The fraction of sp³-hybridized carbons (Fsp3) is 0. The molecule has 2 N–H and O–H groups in total. The van der Waals surface area contributed by atoms with Gasteiger partial charge >= 0.3 is 0 Å². The van der Waals surface area contributed by atoms with Gasteiger partial charge in [-0.1, -0.05) is 34.1 Å². The molecule has 112 valence electrons. The first-order chi connectivity index (χ1) is 11.1. The smallest absolute Gasteiger partial charge is 0.267 e. The van der Waals surface area contributed by atoms with Crippen LogP contribution in [0.2, 0.25) is 0 Å². The molecule has 6 heteroatoms. The van der Waals surface area contributed by atoms with Crippen LogP contribution in [0.15, 0.2) is 58.6 Å². The number of hydrogen-bond acceptors (Lipinski definition) is 3. The lowest BCUT2D eigenvalue weighted by molar-refractivity contribution is -0.113. The van der Waals surface area contributed by atoms with Gasteiger partial charge < -0.3 is 10.6 Å². The second-order valence-corrected chi connectivity index (χ2v) is 5.74. The number of para-hydroxylation sites is 1. The number of benzene rings is 2. The van der Waals surface area contributed by atoms with Crippen molar-refractivity contribution in [1.82, 2.24) is 0 Å². The summed E-state index contributed by atoms with van der Waals surface area (Å²) in [6.45, 7) is 0. The molecule has 0 saturated heterocycles. The maximum Gasteiger partial charge on any atom is 0.267 e. The maximum atomic E-state index is 12.4. The number of rotatable bonds is 2. The first-order valence-electron chi connectivity index (χ1n) is 6.72. The maximum absolute atomic E-state index is 12.4. The quantitative estimate of drug-likeness (QED) is 0.630. The third kappa shape index (κ3) is 2.87. The molecule has 0 atom stereocenters. The van der Waals surface area contributed by atoms with E-state index in [0.29, 0.717) is 16.9 Å². The van der Waals surface area contributed by atoms with Gasteiger partial charge in [-0.15, -0.1) is 0 Å². The number of nitrogens with one attached hydrogen (secondary N) is 2. The normalized spacial score (nSPS) is 14.5. The Morgan fingerprint density at radius 2 is 1.91 bits per heavy atom. The zero-order valence-corrected chi connectivity index (χ0v) is 13.3. The van der Waals surface area contributed by atoms with Crippen molar-refractivity contribution < 1.29 is 9.59 Å². The topological polar surface area (TPSA) is 82.0 Å². The second-order valence-electron chi connectivity index (χ2n) is 4.83. The Balaban J connectivity index is 2.05. The predicted molar refractivity (Wildman–Crippen MR) is 90.4 cm³/mol.